The molecule has 2 rings (SSSR count). The lowest BCUT2D eigenvalue weighted by Gasteiger charge is -2.21. The number of anilines is 1. The van der Waals surface area contributed by atoms with E-state index in [1.54, 1.807) is 12.1 Å². The normalized spacial score (nSPS) is 13.4. The Bertz CT molecular complexity index is 695. The monoisotopic (exact) mass is 305 g/mol. The molecule has 8 nitrogen and oxygen atoms in total. The van der Waals surface area contributed by atoms with Crippen molar-refractivity contribution in [1.82, 2.24) is 5.32 Å². The van der Waals surface area contributed by atoms with Gasteiger partial charge in [-0.2, -0.15) is 0 Å². The smallest absolute Gasteiger partial charge is 0.292 e. The molecule has 1 unspecified atom stereocenters. The second-order valence-electron chi connectivity index (χ2n) is 4.93. The first-order valence-corrected chi connectivity index (χ1v) is 6.40. The van der Waals surface area contributed by atoms with Crippen LogP contribution < -0.4 is 11.1 Å². The van der Waals surface area contributed by atoms with E-state index in [2.05, 4.69) is 5.32 Å². The number of hydrogen-bond donors (Lipinski definition) is 3. The van der Waals surface area contributed by atoms with Gasteiger partial charge in [-0.05, 0) is 25.1 Å². The van der Waals surface area contributed by atoms with E-state index in [1.165, 1.54) is 31.4 Å². The van der Waals surface area contributed by atoms with E-state index >= 15 is 0 Å². The molecule has 116 valence electrons. The van der Waals surface area contributed by atoms with Crippen molar-refractivity contribution in [3.05, 3.63) is 58.0 Å². The van der Waals surface area contributed by atoms with Gasteiger partial charge in [0.2, 0.25) is 0 Å². The first-order valence-electron chi connectivity index (χ1n) is 6.40. The summed E-state index contributed by atoms with van der Waals surface area (Å²) < 4.78 is 5.10. The predicted octanol–water partition coefficient (Wildman–Crippen LogP) is 1.41. The fourth-order valence-electron chi connectivity index (χ4n) is 1.93. The molecule has 0 saturated carbocycles. The van der Waals surface area contributed by atoms with Crippen LogP contribution in [0.5, 0.6) is 0 Å². The minimum absolute atomic E-state index is 0.0237. The molecule has 0 bridgehead atoms. The molecule has 0 radical (unpaired) electrons. The van der Waals surface area contributed by atoms with Crippen LogP contribution in [0.15, 0.2) is 41.0 Å². The number of rotatable bonds is 5. The Morgan fingerprint density at radius 1 is 1.45 bits per heavy atom. The molecule has 1 aromatic heterocycles. The van der Waals surface area contributed by atoms with Gasteiger partial charge in [-0.3, -0.25) is 14.9 Å². The zero-order valence-corrected chi connectivity index (χ0v) is 11.8. The number of nitrogen functional groups attached to an aromatic ring is 1. The number of nitrogens with one attached hydrogen (secondary N) is 1. The van der Waals surface area contributed by atoms with E-state index in [-0.39, 0.29) is 23.5 Å². The number of carbonyl (C=O) groups is 1. The van der Waals surface area contributed by atoms with Crippen LogP contribution in [-0.2, 0) is 5.60 Å². The SMILES string of the molecule is CC(O)(CNC(=O)c1cccc([N+](=O)[O-])c1N)c1ccco1. The van der Waals surface area contributed by atoms with Crippen LogP contribution in [0, 0.1) is 10.1 Å². The summed E-state index contributed by atoms with van der Waals surface area (Å²) in [6.07, 6.45) is 1.41. The van der Waals surface area contributed by atoms with Gasteiger partial charge in [-0.15, -0.1) is 0 Å². The molecule has 1 heterocycles. The third-order valence-corrected chi connectivity index (χ3v) is 3.17. The maximum atomic E-state index is 12.1. The van der Waals surface area contributed by atoms with Crippen molar-refractivity contribution in [3.63, 3.8) is 0 Å². The largest absolute Gasteiger partial charge is 0.466 e. The number of carbonyl (C=O) groups excluding carboxylic acids is 1. The standard InChI is InChI=1S/C14H15N3O5/c1-14(19,11-6-3-7-22-11)8-16-13(18)9-4-2-5-10(12(9)15)17(20)21/h2-7,19H,8,15H2,1H3,(H,16,18). The maximum absolute atomic E-state index is 12.1. The number of nitro benzene ring substituents is 1. The third kappa shape index (κ3) is 3.07. The molecule has 0 fully saturated rings. The lowest BCUT2D eigenvalue weighted by atomic mass is 10.0. The zero-order chi connectivity index (χ0) is 16.3. The van der Waals surface area contributed by atoms with Crippen LogP contribution in [0.3, 0.4) is 0 Å². The lowest BCUT2D eigenvalue weighted by molar-refractivity contribution is -0.383. The summed E-state index contributed by atoms with van der Waals surface area (Å²) in [5.74, 6) is -0.326. The van der Waals surface area contributed by atoms with Crippen molar-refractivity contribution in [2.75, 3.05) is 12.3 Å². The van der Waals surface area contributed by atoms with Gasteiger partial charge in [-0.1, -0.05) is 6.07 Å². The highest BCUT2D eigenvalue weighted by Crippen LogP contribution is 2.25. The zero-order valence-electron chi connectivity index (χ0n) is 11.8. The summed E-state index contributed by atoms with van der Waals surface area (Å²) in [5.41, 5.74) is 3.64. The van der Waals surface area contributed by atoms with Gasteiger partial charge in [0.25, 0.3) is 11.6 Å². The Labute approximate surface area is 125 Å². The Morgan fingerprint density at radius 3 is 2.77 bits per heavy atom. The summed E-state index contributed by atoms with van der Waals surface area (Å²) in [6.45, 7) is 1.34. The number of aliphatic hydroxyl groups is 1. The number of nitrogens with zero attached hydrogens (tertiary/aromatic N) is 1. The predicted molar refractivity (Wildman–Crippen MR) is 78.1 cm³/mol. The van der Waals surface area contributed by atoms with Crippen molar-refractivity contribution in [3.8, 4) is 0 Å². The van der Waals surface area contributed by atoms with Gasteiger partial charge in [0.1, 0.15) is 17.0 Å². The topological polar surface area (TPSA) is 132 Å². The minimum atomic E-state index is -1.41. The van der Waals surface area contributed by atoms with Gasteiger partial charge >= 0.3 is 0 Å². The van der Waals surface area contributed by atoms with Gasteiger partial charge in [0.15, 0.2) is 0 Å². The summed E-state index contributed by atoms with van der Waals surface area (Å²) in [4.78, 5) is 22.3. The highest BCUT2D eigenvalue weighted by atomic mass is 16.6. The number of nitrogens with two attached hydrogens (primary N) is 1. The van der Waals surface area contributed by atoms with Crippen LogP contribution >= 0.6 is 0 Å². The van der Waals surface area contributed by atoms with Crippen molar-refractivity contribution in [1.29, 1.82) is 0 Å². The molecule has 2 aromatic rings. The van der Waals surface area contributed by atoms with Gasteiger partial charge in [0, 0.05) is 6.07 Å². The minimum Gasteiger partial charge on any atom is -0.466 e. The van der Waals surface area contributed by atoms with Gasteiger partial charge in [0.05, 0.1) is 23.3 Å². The molecule has 0 aliphatic carbocycles. The van der Waals surface area contributed by atoms with Crippen molar-refractivity contribution in [2.24, 2.45) is 0 Å². The molecule has 0 aliphatic heterocycles. The van der Waals surface area contributed by atoms with Crippen molar-refractivity contribution < 1.29 is 19.2 Å². The summed E-state index contributed by atoms with van der Waals surface area (Å²) >= 11 is 0. The highest BCUT2D eigenvalue weighted by molar-refractivity contribution is 6.01. The molecular formula is C14H15N3O5. The van der Waals surface area contributed by atoms with Gasteiger partial charge < -0.3 is 20.6 Å². The van der Waals surface area contributed by atoms with Crippen molar-refractivity contribution >= 4 is 17.3 Å². The van der Waals surface area contributed by atoms with E-state index in [4.69, 9.17) is 10.2 Å². The number of amides is 1. The first-order chi connectivity index (χ1) is 10.3. The summed E-state index contributed by atoms with van der Waals surface area (Å²) in [5, 5.41) is 23.5. The molecule has 22 heavy (non-hydrogen) atoms. The molecule has 1 amide bonds. The highest BCUT2D eigenvalue weighted by Gasteiger charge is 2.28. The lowest BCUT2D eigenvalue weighted by Crippen LogP contribution is -2.38. The van der Waals surface area contributed by atoms with E-state index in [0.717, 1.165) is 0 Å². The van der Waals surface area contributed by atoms with Crippen LogP contribution in [-0.4, -0.2) is 22.5 Å². The van der Waals surface area contributed by atoms with E-state index in [9.17, 15) is 20.0 Å². The van der Waals surface area contributed by atoms with Crippen LogP contribution in [0.2, 0.25) is 0 Å². The molecule has 4 N–H and O–H groups in total. The molecule has 1 aromatic carbocycles. The number of nitro groups is 1. The molecule has 1 atom stereocenters. The number of benzene rings is 1. The quantitative estimate of drug-likeness (QED) is 0.434. The van der Waals surface area contributed by atoms with E-state index in [1.807, 2.05) is 0 Å². The fraction of sp³-hybridized carbons (Fsp3) is 0.214. The molecule has 0 aliphatic rings. The molecule has 8 heteroatoms. The average molecular weight is 305 g/mol. The third-order valence-electron chi connectivity index (χ3n) is 3.17. The van der Waals surface area contributed by atoms with Gasteiger partial charge in [-0.25, -0.2) is 0 Å². The van der Waals surface area contributed by atoms with Crippen LogP contribution in [0.25, 0.3) is 0 Å². The summed E-state index contributed by atoms with van der Waals surface area (Å²) in [7, 11) is 0. The molecule has 0 saturated heterocycles. The molecular weight excluding hydrogens is 290 g/mol. The van der Waals surface area contributed by atoms with Crippen LogP contribution in [0.1, 0.15) is 23.0 Å². The van der Waals surface area contributed by atoms with E-state index < -0.39 is 16.4 Å². The summed E-state index contributed by atoms with van der Waals surface area (Å²) in [6, 6.07) is 7.15. The number of hydrogen-bond acceptors (Lipinski definition) is 6. The van der Waals surface area contributed by atoms with Crippen molar-refractivity contribution in [2.45, 2.75) is 12.5 Å². The fourth-order valence-corrected chi connectivity index (χ4v) is 1.93. The second kappa shape index (κ2) is 5.86. The Hall–Kier alpha value is -2.87. The Kier molecular flexibility index (Phi) is 4.13. The molecule has 0 spiro atoms. The average Bonchev–Trinajstić information content (AvgIpc) is 3.00. The number of furan rings is 1. The second-order valence-corrected chi connectivity index (χ2v) is 4.93. The Balaban J connectivity index is 2.14. The number of para-hydroxylation sites is 1. The van der Waals surface area contributed by atoms with E-state index in [0.29, 0.717) is 5.76 Å². The maximum Gasteiger partial charge on any atom is 0.292 e. The Morgan fingerprint density at radius 2 is 2.18 bits per heavy atom. The first kappa shape index (κ1) is 15.5. The van der Waals surface area contributed by atoms with Crippen LogP contribution in [0.4, 0.5) is 11.4 Å².